The zero-order chi connectivity index (χ0) is 22.8. The molecule has 6 nitrogen and oxygen atoms in total. The molecular formula is C25H42N6. The highest BCUT2D eigenvalue weighted by Crippen LogP contribution is 2.34. The van der Waals surface area contributed by atoms with E-state index in [0.717, 1.165) is 25.1 Å². The number of aromatic nitrogens is 4. The highest BCUT2D eigenvalue weighted by atomic mass is 15.6. The van der Waals surface area contributed by atoms with E-state index in [9.17, 15) is 0 Å². The van der Waals surface area contributed by atoms with Crippen LogP contribution in [-0.2, 0) is 5.54 Å². The number of tetrazole rings is 1. The molecule has 0 aliphatic heterocycles. The Hall–Kier alpha value is -1.79. The van der Waals surface area contributed by atoms with Gasteiger partial charge in [-0.3, -0.25) is 5.32 Å². The summed E-state index contributed by atoms with van der Waals surface area (Å²) in [7, 11) is 0. The quantitative estimate of drug-likeness (QED) is 0.657. The van der Waals surface area contributed by atoms with E-state index >= 15 is 0 Å². The van der Waals surface area contributed by atoms with Crippen molar-refractivity contribution in [3.05, 3.63) is 41.2 Å². The van der Waals surface area contributed by atoms with Crippen molar-refractivity contribution >= 4 is 0 Å². The number of hydrogen-bond acceptors (Lipinski definition) is 5. The van der Waals surface area contributed by atoms with Crippen LogP contribution < -0.4 is 11.1 Å². The number of benzene rings is 1. The first-order chi connectivity index (χ1) is 14.5. The molecule has 2 aromatic rings. The molecule has 172 valence electrons. The van der Waals surface area contributed by atoms with Crippen LogP contribution in [0.3, 0.4) is 0 Å². The number of rotatable bonds is 7. The Morgan fingerprint density at radius 3 is 2.23 bits per heavy atom. The number of hydrogen-bond donors (Lipinski definition) is 2. The summed E-state index contributed by atoms with van der Waals surface area (Å²) >= 11 is 0. The van der Waals surface area contributed by atoms with Crippen LogP contribution in [0.1, 0.15) is 109 Å². The van der Waals surface area contributed by atoms with E-state index < -0.39 is 0 Å². The van der Waals surface area contributed by atoms with E-state index in [1.807, 2.05) is 4.68 Å². The normalized spacial score (nSPS) is 21.5. The van der Waals surface area contributed by atoms with Gasteiger partial charge in [-0.1, -0.05) is 71.7 Å². The zero-order valence-electron chi connectivity index (χ0n) is 20.5. The largest absolute Gasteiger partial charge is 0.326 e. The van der Waals surface area contributed by atoms with Gasteiger partial charge < -0.3 is 5.73 Å². The van der Waals surface area contributed by atoms with Crippen LogP contribution in [0.5, 0.6) is 0 Å². The summed E-state index contributed by atoms with van der Waals surface area (Å²) in [6.45, 7) is 15.7. The van der Waals surface area contributed by atoms with Gasteiger partial charge in [0.25, 0.3) is 0 Å². The first-order valence-corrected chi connectivity index (χ1v) is 11.9. The van der Waals surface area contributed by atoms with Crippen molar-refractivity contribution in [2.24, 2.45) is 11.1 Å². The maximum absolute atomic E-state index is 6.51. The van der Waals surface area contributed by atoms with Gasteiger partial charge in [0.1, 0.15) is 0 Å². The fraction of sp³-hybridized carbons (Fsp3) is 0.720. The molecule has 3 rings (SSSR count). The molecule has 1 saturated carbocycles. The minimum Gasteiger partial charge on any atom is -0.326 e. The molecule has 1 fully saturated rings. The molecule has 6 heteroatoms. The van der Waals surface area contributed by atoms with Gasteiger partial charge in [0.2, 0.25) is 0 Å². The van der Waals surface area contributed by atoms with E-state index in [1.165, 1.54) is 24.0 Å². The average molecular weight is 427 g/mol. The lowest BCUT2D eigenvalue weighted by Crippen LogP contribution is -2.49. The fourth-order valence-corrected chi connectivity index (χ4v) is 5.15. The molecule has 0 bridgehead atoms. The Kier molecular flexibility index (Phi) is 7.21. The van der Waals surface area contributed by atoms with Crippen LogP contribution in [0.4, 0.5) is 0 Å². The lowest BCUT2D eigenvalue weighted by molar-refractivity contribution is 0.186. The van der Waals surface area contributed by atoms with Gasteiger partial charge in [0.05, 0.1) is 11.6 Å². The molecule has 1 aliphatic rings. The molecule has 0 spiro atoms. The molecule has 3 unspecified atom stereocenters. The summed E-state index contributed by atoms with van der Waals surface area (Å²) in [5.74, 6) is 1.37. The molecule has 1 aromatic carbocycles. The molecule has 0 saturated heterocycles. The number of nitrogens with one attached hydrogen (secondary N) is 1. The van der Waals surface area contributed by atoms with Crippen molar-refractivity contribution < 1.29 is 0 Å². The van der Waals surface area contributed by atoms with Crippen molar-refractivity contribution in [3.63, 3.8) is 0 Å². The molecular weight excluding hydrogens is 384 g/mol. The molecule has 31 heavy (non-hydrogen) atoms. The minimum atomic E-state index is -0.205. The molecule has 0 amide bonds. The Morgan fingerprint density at radius 2 is 1.65 bits per heavy atom. The van der Waals surface area contributed by atoms with Crippen molar-refractivity contribution in [1.29, 1.82) is 0 Å². The van der Waals surface area contributed by atoms with Crippen LogP contribution >= 0.6 is 0 Å². The third-order valence-electron chi connectivity index (χ3n) is 6.42. The summed E-state index contributed by atoms with van der Waals surface area (Å²) in [6, 6.07) is 9.23. The minimum absolute atomic E-state index is 0.0930. The standard InChI is InChI=1S/C25H42N6/c1-17(2)18-12-14-19(15-13-18)22(27-21-11-9-8-10-20(21)26)23-28-29-30-31(23)25(6,7)16-24(3,4)5/h12-15,17,20-22,27H,8-11,16,26H2,1-7H3. The van der Waals surface area contributed by atoms with Gasteiger partial charge >= 0.3 is 0 Å². The van der Waals surface area contributed by atoms with E-state index in [2.05, 4.69) is 93.6 Å². The summed E-state index contributed by atoms with van der Waals surface area (Å²) in [6.07, 6.45) is 5.56. The van der Waals surface area contributed by atoms with Gasteiger partial charge in [-0.05, 0) is 66.0 Å². The predicted molar refractivity (Wildman–Crippen MR) is 127 cm³/mol. The van der Waals surface area contributed by atoms with E-state index in [4.69, 9.17) is 5.73 Å². The van der Waals surface area contributed by atoms with Crippen LogP contribution in [-0.4, -0.2) is 32.3 Å². The van der Waals surface area contributed by atoms with Gasteiger partial charge in [0, 0.05) is 12.1 Å². The second-order valence-electron chi connectivity index (χ2n) is 11.5. The second kappa shape index (κ2) is 9.37. The maximum Gasteiger partial charge on any atom is 0.173 e. The summed E-state index contributed by atoms with van der Waals surface area (Å²) in [5, 5.41) is 17.0. The third-order valence-corrected chi connectivity index (χ3v) is 6.42. The molecule has 1 aliphatic carbocycles. The zero-order valence-corrected chi connectivity index (χ0v) is 20.5. The lowest BCUT2D eigenvalue weighted by Gasteiger charge is -2.36. The first-order valence-electron chi connectivity index (χ1n) is 11.9. The van der Waals surface area contributed by atoms with Crippen molar-refractivity contribution in [2.45, 2.75) is 110 Å². The fourth-order valence-electron chi connectivity index (χ4n) is 5.15. The monoisotopic (exact) mass is 426 g/mol. The van der Waals surface area contributed by atoms with Gasteiger partial charge in [-0.15, -0.1) is 5.10 Å². The highest BCUT2D eigenvalue weighted by molar-refractivity contribution is 5.30. The number of nitrogens with zero attached hydrogens (tertiary/aromatic N) is 4. The third kappa shape index (κ3) is 5.92. The highest BCUT2D eigenvalue weighted by Gasteiger charge is 2.35. The number of nitrogens with two attached hydrogens (primary N) is 1. The topological polar surface area (TPSA) is 81.7 Å². The van der Waals surface area contributed by atoms with E-state index in [0.29, 0.717) is 5.92 Å². The van der Waals surface area contributed by atoms with Crippen LogP contribution in [0, 0.1) is 5.41 Å². The van der Waals surface area contributed by atoms with Crippen LogP contribution in [0.25, 0.3) is 0 Å². The SMILES string of the molecule is CC(C)c1ccc(C(NC2CCCCC2N)c2nnnn2C(C)(C)CC(C)(C)C)cc1. The smallest absolute Gasteiger partial charge is 0.173 e. The van der Waals surface area contributed by atoms with E-state index in [-0.39, 0.29) is 29.1 Å². The Labute approximate surface area is 188 Å². The Morgan fingerprint density at radius 1 is 1.03 bits per heavy atom. The van der Waals surface area contributed by atoms with Gasteiger partial charge in [-0.25, -0.2) is 4.68 Å². The molecule has 1 heterocycles. The van der Waals surface area contributed by atoms with Gasteiger partial charge in [-0.2, -0.15) is 0 Å². The lowest BCUT2D eigenvalue weighted by atomic mass is 9.81. The Bertz CT molecular complexity index is 830. The van der Waals surface area contributed by atoms with Crippen molar-refractivity contribution in [3.8, 4) is 0 Å². The summed E-state index contributed by atoms with van der Waals surface area (Å²) in [5.41, 5.74) is 8.99. The second-order valence-corrected chi connectivity index (χ2v) is 11.5. The van der Waals surface area contributed by atoms with Crippen LogP contribution in [0.2, 0.25) is 0 Å². The Balaban J connectivity index is 2.00. The van der Waals surface area contributed by atoms with E-state index in [1.54, 1.807) is 0 Å². The summed E-state index contributed by atoms with van der Waals surface area (Å²) < 4.78 is 2.03. The van der Waals surface area contributed by atoms with Crippen LogP contribution in [0.15, 0.2) is 24.3 Å². The summed E-state index contributed by atoms with van der Waals surface area (Å²) in [4.78, 5) is 0. The average Bonchev–Trinajstić information content (AvgIpc) is 3.16. The predicted octanol–water partition coefficient (Wildman–Crippen LogP) is 4.92. The van der Waals surface area contributed by atoms with Crippen molar-refractivity contribution in [1.82, 2.24) is 25.5 Å². The maximum atomic E-state index is 6.51. The molecule has 3 N–H and O–H groups in total. The molecule has 1 aromatic heterocycles. The van der Waals surface area contributed by atoms with Crippen molar-refractivity contribution in [2.75, 3.05) is 0 Å². The van der Waals surface area contributed by atoms with Gasteiger partial charge in [0.15, 0.2) is 5.82 Å². The molecule has 0 radical (unpaired) electrons. The first kappa shape index (κ1) is 23.9. The molecule has 3 atom stereocenters.